The van der Waals surface area contributed by atoms with Crippen molar-refractivity contribution in [1.29, 1.82) is 0 Å². The molecule has 138 valence electrons. The smallest absolute Gasteiger partial charge is 0.252 e. The van der Waals surface area contributed by atoms with E-state index in [1.54, 1.807) is 25.2 Å². The van der Waals surface area contributed by atoms with Crippen LogP contribution in [0.2, 0.25) is 5.02 Å². The number of nitrogens with one attached hydrogen (secondary N) is 3. The van der Waals surface area contributed by atoms with E-state index in [2.05, 4.69) is 30.8 Å². The standard InChI is InChI=1S/C18H23ClN6O/c1-12-10-16(20-2)24-18(22-12)23-13-4-5-15(19)14(11-13)17(26)21-6-9-25-7-3-8-25/h4-5,10-11H,3,6-9H2,1-2H3,(H,21,26)(H2,20,22,23,24). The fourth-order valence-electron chi connectivity index (χ4n) is 2.69. The number of likely N-dealkylation sites (tertiary alicyclic amines) is 1. The lowest BCUT2D eigenvalue weighted by Crippen LogP contribution is -2.42. The Morgan fingerprint density at radius 3 is 2.77 bits per heavy atom. The number of amides is 1. The molecule has 0 spiro atoms. The number of aryl methyl sites for hydroxylation is 1. The monoisotopic (exact) mass is 374 g/mol. The SMILES string of the molecule is CNc1cc(C)nc(Nc2ccc(Cl)c(C(=O)NCCN3CCC3)c2)n1. The summed E-state index contributed by atoms with van der Waals surface area (Å²) in [5.41, 5.74) is 1.97. The summed E-state index contributed by atoms with van der Waals surface area (Å²) in [7, 11) is 1.80. The second-order valence-corrected chi connectivity index (χ2v) is 6.65. The Hall–Kier alpha value is -2.38. The highest BCUT2D eigenvalue weighted by atomic mass is 35.5. The summed E-state index contributed by atoms with van der Waals surface area (Å²) >= 11 is 6.21. The van der Waals surface area contributed by atoms with Crippen molar-refractivity contribution < 1.29 is 4.79 Å². The maximum atomic E-state index is 12.4. The van der Waals surface area contributed by atoms with Crippen LogP contribution in [-0.4, -0.2) is 54.0 Å². The minimum absolute atomic E-state index is 0.180. The molecule has 3 rings (SSSR count). The summed E-state index contributed by atoms with van der Waals surface area (Å²) in [6.07, 6.45) is 1.24. The maximum Gasteiger partial charge on any atom is 0.252 e. The molecular formula is C18H23ClN6O. The van der Waals surface area contributed by atoms with Gasteiger partial charge in [0, 0.05) is 37.6 Å². The highest BCUT2D eigenvalue weighted by molar-refractivity contribution is 6.34. The number of rotatable bonds is 7. The van der Waals surface area contributed by atoms with Crippen LogP contribution in [0.5, 0.6) is 0 Å². The van der Waals surface area contributed by atoms with Gasteiger partial charge in [0.15, 0.2) is 0 Å². The van der Waals surface area contributed by atoms with E-state index in [1.165, 1.54) is 6.42 Å². The van der Waals surface area contributed by atoms with Gasteiger partial charge in [0.1, 0.15) is 5.82 Å². The molecule has 3 N–H and O–H groups in total. The first-order chi connectivity index (χ1) is 12.5. The first-order valence-corrected chi connectivity index (χ1v) is 9.03. The number of halogens is 1. The fraction of sp³-hybridized carbons (Fsp3) is 0.389. The van der Waals surface area contributed by atoms with E-state index in [4.69, 9.17) is 11.6 Å². The second-order valence-electron chi connectivity index (χ2n) is 6.24. The van der Waals surface area contributed by atoms with E-state index in [0.717, 1.165) is 31.1 Å². The highest BCUT2D eigenvalue weighted by Gasteiger charge is 2.15. The highest BCUT2D eigenvalue weighted by Crippen LogP contribution is 2.23. The zero-order valence-corrected chi connectivity index (χ0v) is 15.7. The zero-order valence-electron chi connectivity index (χ0n) is 15.0. The number of hydrogen-bond acceptors (Lipinski definition) is 6. The molecule has 2 heterocycles. The molecule has 0 aliphatic carbocycles. The third-order valence-electron chi connectivity index (χ3n) is 4.24. The number of aromatic nitrogens is 2. The molecule has 26 heavy (non-hydrogen) atoms. The van der Waals surface area contributed by atoms with Crippen LogP contribution in [0.15, 0.2) is 24.3 Å². The van der Waals surface area contributed by atoms with Gasteiger partial charge in [-0.2, -0.15) is 4.98 Å². The van der Waals surface area contributed by atoms with Gasteiger partial charge in [-0.3, -0.25) is 4.79 Å². The number of carbonyl (C=O) groups is 1. The van der Waals surface area contributed by atoms with E-state index in [0.29, 0.717) is 28.8 Å². The summed E-state index contributed by atoms with van der Waals surface area (Å²) in [6.45, 7) is 5.60. The van der Waals surface area contributed by atoms with Crippen LogP contribution in [0.1, 0.15) is 22.5 Å². The Labute approximate surface area is 158 Å². The average Bonchev–Trinajstić information content (AvgIpc) is 2.58. The fourth-order valence-corrected chi connectivity index (χ4v) is 2.89. The maximum absolute atomic E-state index is 12.4. The van der Waals surface area contributed by atoms with Crippen molar-refractivity contribution >= 4 is 35.0 Å². The van der Waals surface area contributed by atoms with Crippen LogP contribution >= 0.6 is 11.6 Å². The summed E-state index contributed by atoms with van der Waals surface area (Å²) in [6, 6.07) is 7.06. The van der Waals surface area contributed by atoms with Gasteiger partial charge >= 0.3 is 0 Å². The third-order valence-corrected chi connectivity index (χ3v) is 4.57. The number of carbonyl (C=O) groups excluding carboxylic acids is 1. The van der Waals surface area contributed by atoms with Crippen molar-refractivity contribution in [3.05, 3.63) is 40.5 Å². The Bertz CT molecular complexity index is 793. The molecule has 1 amide bonds. The Morgan fingerprint density at radius 1 is 1.27 bits per heavy atom. The van der Waals surface area contributed by atoms with Gasteiger partial charge in [-0.1, -0.05) is 11.6 Å². The number of benzene rings is 1. The molecule has 1 aliphatic heterocycles. The first kappa shape index (κ1) is 18.4. The minimum Gasteiger partial charge on any atom is -0.373 e. The zero-order chi connectivity index (χ0) is 18.5. The molecule has 0 radical (unpaired) electrons. The molecule has 0 atom stereocenters. The molecule has 0 unspecified atom stereocenters. The van der Waals surface area contributed by atoms with Crippen LogP contribution in [0.4, 0.5) is 17.5 Å². The van der Waals surface area contributed by atoms with E-state index in [1.807, 2.05) is 13.0 Å². The van der Waals surface area contributed by atoms with Gasteiger partial charge in [-0.25, -0.2) is 4.98 Å². The Balaban J connectivity index is 1.68. The predicted octanol–water partition coefficient (Wildman–Crippen LogP) is 2.66. The van der Waals surface area contributed by atoms with Crippen molar-refractivity contribution in [1.82, 2.24) is 20.2 Å². The van der Waals surface area contributed by atoms with E-state index in [-0.39, 0.29) is 5.91 Å². The summed E-state index contributed by atoms with van der Waals surface area (Å²) in [4.78, 5) is 23.4. The van der Waals surface area contributed by atoms with Crippen LogP contribution in [0, 0.1) is 6.92 Å². The Kier molecular flexibility index (Phi) is 5.90. The van der Waals surface area contributed by atoms with Gasteiger partial charge < -0.3 is 20.9 Å². The third kappa shape index (κ3) is 4.62. The van der Waals surface area contributed by atoms with Crippen LogP contribution in [-0.2, 0) is 0 Å². The van der Waals surface area contributed by atoms with E-state index >= 15 is 0 Å². The van der Waals surface area contributed by atoms with Crippen molar-refractivity contribution in [2.45, 2.75) is 13.3 Å². The normalized spacial score (nSPS) is 13.8. The van der Waals surface area contributed by atoms with Gasteiger partial charge in [0.25, 0.3) is 5.91 Å². The van der Waals surface area contributed by atoms with Gasteiger partial charge in [-0.15, -0.1) is 0 Å². The van der Waals surface area contributed by atoms with E-state index < -0.39 is 0 Å². The molecule has 1 saturated heterocycles. The number of anilines is 3. The molecule has 1 aromatic heterocycles. The van der Waals surface area contributed by atoms with Crippen molar-refractivity contribution in [3.8, 4) is 0 Å². The molecule has 0 bridgehead atoms. The van der Waals surface area contributed by atoms with Crippen molar-refractivity contribution in [2.75, 3.05) is 43.9 Å². The number of hydrogen-bond donors (Lipinski definition) is 3. The second kappa shape index (κ2) is 8.33. The lowest BCUT2D eigenvalue weighted by atomic mass is 10.2. The topological polar surface area (TPSA) is 82.2 Å². The van der Waals surface area contributed by atoms with Crippen molar-refractivity contribution in [3.63, 3.8) is 0 Å². The van der Waals surface area contributed by atoms with Gasteiger partial charge in [0.2, 0.25) is 5.95 Å². The molecule has 8 heteroatoms. The van der Waals surface area contributed by atoms with Crippen molar-refractivity contribution in [2.24, 2.45) is 0 Å². The molecular weight excluding hydrogens is 352 g/mol. The average molecular weight is 375 g/mol. The number of nitrogens with zero attached hydrogens (tertiary/aromatic N) is 3. The first-order valence-electron chi connectivity index (χ1n) is 8.66. The molecule has 1 fully saturated rings. The van der Waals surface area contributed by atoms with Crippen LogP contribution < -0.4 is 16.0 Å². The lowest BCUT2D eigenvalue weighted by molar-refractivity contribution is 0.0941. The van der Waals surface area contributed by atoms with Crippen LogP contribution in [0.25, 0.3) is 0 Å². The van der Waals surface area contributed by atoms with Gasteiger partial charge in [-0.05, 0) is 44.6 Å². The molecule has 1 aromatic carbocycles. The summed E-state index contributed by atoms with van der Waals surface area (Å²) < 4.78 is 0. The molecule has 1 aliphatic rings. The van der Waals surface area contributed by atoms with E-state index in [9.17, 15) is 4.79 Å². The Morgan fingerprint density at radius 2 is 2.08 bits per heavy atom. The molecule has 7 nitrogen and oxygen atoms in total. The summed E-state index contributed by atoms with van der Waals surface area (Å²) in [5.74, 6) is 0.999. The lowest BCUT2D eigenvalue weighted by Gasteiger charge is -2.30. The summed E-state index contributed by atoms with van der Waals surface area (Å²) in [5, 5.41) is 9.46. The molecule has 2 aromatic rings. The minimum atomic E-state index is -0.180. The molecule has 0 saturated carbocycles. The quantitative estimate of drug-likeness (QED) is 0.691. The van der Waals surface area contributed by atoms with Gasteiger partial charge in [0.05, 0.1) is 10.6 Å². The predicted molar refractivity (Wildman–Crippen MR) is 104 cm³/mol. The largest absolute Gasteiger partial charge is 0.373 e. The van der Waals surface area contributed by atoms with Crippen LogP contribution in [0.3, 0.4) is 0 Å².